The van der Waals surface area contributed by atoms with E-state index in [-0.39, 0.29) is 17.7 Å². The number of hydrogen-bond donors (Lipinski definition) is 0. The molecule has 1 fully saturated rings. The van der Waals surface area contributed by atoms with Gasteiger partial charge in [-0.25, -0.2) is 0 Å². The van der Waals surface area contributed by atoms with E-state index in [1.165, 1.54) is 0 Å². The average Bonchev–Trinajstić information content (AvgIpc) is 3.32. The lowest BCUT2D eigenvalue weighted by atomic mass is 9.99. The molecule has 4 rings (SSSR count). The molecule has 0 radical (unpaired) electrons. The number of hydrogen-bond acceptors (Lipinski definition) is 4. The molecule has 1 aliphatic heterocycles. The van der Waals surface area contributed by atoms with Crippen LogP contribution in [0.1, 0.15) is 40.4 Å². The topological polar surface area (TPSA) is 62.7 Å². The Morgan fingerprint density at radius 1 is 1.12 bits per heavy atom. The van der Waals surface area contributed by atoms with Gasteiger partial charge in [-0.1, -0.05) is 30.3 Å². The van der Waals surface area contributed by atoms with Gasteiger partial charge in [0.1, 0.15) is 5.75 Å². The van der Waals surface area contributed by atoms with Crippen molar-refractivity contribution in [3.63, 3.8) is 0 Å². The molecule has 1 atom stereocenters. The fourth-order valence-corrected chi connectivity index (χ4v) is 4.25. The van der Waals surface area contributed by atoms with Gasteiger partial charge in [0, 0.05) is 50.6 Å². The Morgan fingerprint density at radius 2 is 1.88 bits per heavy atom. The highest BCUT2D eigenvalue weighted by molar-refractivity contribution is 6.06. The van der Waals surface area contributed by atoms with Crippen molar-refractivity contribution in [3.05, 3.63) is 71.4 Å². The van der Waals surface area contributed by atoms with Gasteiger partial charge in [-0.3, -0.25) is 14.6 Å². The van der Waals surface area contributed by atoms with E-state index in [2.05, 4.69) is 0 Å². The van der Waals surface area contributed by atoms with Crippen molar-refractivity contribution < 1.29 is 14.3 Å². The first-order valence-corrected chi connectivity index (χ1v) is 11.0. The number of nitrogens with zero attached hydrogens (tertiary/aromatic N) is 3. The SMILES string of the molecule is COc1ccc(CCC(=O)N2CCC(c3cc(C(=O)N(C)C)c4ccccc4n3)C2)cc1. The number of para-hydroxylation sites is 1. The highest BCUT2D eigenvalue weighted by atomic mass is 16.5. The van der Waals surface area contributed by atoms with E-state index in [1.807, 2.05) is 59.5 Å². The second-order valence-corrected chi connectivity index (χ2v) is 8.48. The van der Waals surface area contributed by atoms with Crippen molar-refractivity contribution in [2.24, 2.45) is 0 Å². The summed E-state index contributed by atoms with van der Waals surface area (Å²) in [5, 5.41) is 0.861. The van der Waals surface area contributed by atoms with Crippen LogP contribution >= 0.6 is 0 Å². The third-order valence-electron chi connectivity index (χ3n) is 6.12. The standard InChI is InChI=1S/C26H29N3O3/c1-28(2)26(31)22-16-24(27-23-7-5-4-6-21(22)23)19-14-15-29(17-19)25(30)13-10-18-8-11-20(32-3)12-9-18/h4-9,11-12,16,19H,10,13-15,17H2,1-3H3. The summed E-state index contributed by atoms with van der Waals surface area (Å²) in [5.74, 6) is 1.08. The zero-order chi connectivity index (χ0) is 22.7. The predicted octanol–water partition coefficient (Wildman–Crippen LogP) is 3.89. The number of rotatable bonds is 6. The first-order valence-electron chi connectivity index (χ1n) is 11.0. The van der Waals surface area contributed by atoms with Crippen molar-refractivity contribution in [1.82, 2.24) is 14.8 Å². The first-order chi connectivity index (χ1) is 15.5. The van der Waals surface area contributed by atoms with Gasteiger partial charge in [0.25, 0.3) is 5.91 Å². The summed E-state index contributed by atoms with van der Waals surface area (Å²) in [7, 11) is 5.16. The van der Waals surface area contributed by atoms with Crippen LogP contribution < -0.4 is 4.74 Å². The fraction of sp³-hybridized carbons (Fsp3) is 0.346. The zero-order valence-corrected chi connectivity index (χ0v) is 18.9. The third-order valence-corrected chi connectivity index (χ3v) is 6.12. The number of methoxy groups -OCH3 is 1. The van der Waals surface area contributed by atoms with Gasteiger partial charge in [0.2, 0.25) is 5.91 Å². The number of benzene rings is 2. The zero-order valence-electron chi connectivity index (χ0n) is 18.9. The molecule has 0 N–H and O–H groups in total. The lowest BCUT2D eigenvalue weighted by molar-refractivity contribution is -0.130. The molecule has 1 aromatic heterocycles. The van der Waals surface area contributed by atoms with E-state index < -0.39 is 0 Å². The predicted molar refractivity (Wildman–Crippen MR) is 125 cm³/mol. The molecule has 1 saturated heterocycles. The smallest absolute Gasteiger partial charge is 0.254 e. The number of pyridine rings is 1. The highest BCUT2D eigenvalue weighted by Gasteiger charge is 2.29. The lowest BCUT2D eigenvalue weighted by Gasteiger charge is -2.18. The lowest BCUT2D eigenvalue weighted by Crippen LogP contribution is -2.28. The number of aryl methyl sites for hydroxylation is 1. The summed E-state index contributed by atoms with van der Waals surface area (Å²) in [6.07, 6.45) is 2.05. The van der Waals surface area contributed by atoms with Gasteiger partial charge in [-0.15, -0.1) is 0 Å². The van der Waals surface area contributed by atoms with Crippen LogP contribution in [-0.4, -0.2) is 60.9 Å². The molecular formula is C26H29N3O3. The molecule has 0 aliphatic carbocycles. The second kappa shape index (κ2) is 9.39. The minimum absolute atomic E-state index is 0.0322. The summed E-state index contributed by atoms with van der Waals surface area (Å²) >= 11 is 0. The summed E-state index contributed by atoms with van der Waals surface area (Å²) in [6, 6.07) is 17.5. The third kappa shape index (κ3) is 4.59. The molecule has 2 heterocycles. The fourth-order valence-electron chi connectivity index (χ4n) is 4.25. The van der Waals surface area contributed by atoms with E-state index >= 15 is 0 Å². The summed E-state index contributed by atoms with van der Waals surface area (Å²) < 4.78 is 5.19. The van der Waals surface area contributed by atoms with Crippen molar-refractivity contribution in [2.45, 2.75) is 25.2 Å². The molecule has 0 saturated carbocycles. The maximum atomic E-state index is 12.8. The Morgan fingerprint density at radius 3 is 2.59 bits per heavy atom. The molecule has 3 aromatic rings. The van der Waals surface area contributed by atoms with Crippen LogP contribution in [-0.2, 0) is 11.2 Å². The number of fused-ring (bicyclic) bond motifs is 1. The Hall–Kier alpha value is -3.41. The number of carbonyl (C=O) groups excluding carboxylic acids is 2. The Kier molecular flexibility index (Phi) is 6.40. The van der Waals surface area contributed by atoms with E-state index in [9.17, 15) is 9.59 Å². The Balaban J connectivity index is 1.46. The molecule has 2 aromatic carbocycles. The Labute approximate surface area is 188 Å². The largest absolute Gasteiger partial charge is 0.497 e. The van der Waals surface area contributed by atoms with E-state index in [4.69, 9.17) is 9.72 Å². The maximum Gasteiger partial charge on any atom is 0.254 e. The molecular weight excluding hydrogens is 402 g/mol. The first kappa shape index (κ1) is 21.8. The minimum Gasteiger partial charge on any atom is -0.497 e. The molecule has 6 nitrogen and oxygen atoms in total. The average molecular weight is 432 g/mol. The van der Waals surface area contributed by atoms with Crippen molar-refractivity contribution in [2.75, 3.05) is 34.3 Å². The Bertz CT molecular complexity index is 1120. The van der Waals surface area contributed by atoms with Gasteiger partial charge in [-0.2, -0.15) is 0 Å². The van der Waals surface area contributed by atoms with Crippen LogP contribution in [0.5, 0.6) is 5.75 Å². The number of ether oxygens (including phenoxy) is 1. The highest BCUT2D eigenvalue weighted by Crippen LogP contribution is 2.30. The monoisotopic (exact) mass is 431 g/mol. The molecule has 32 heavy (non-hydrogen) atoms. The van der Waals surface area contributed by atoms with E-state index in [0.29, 0.717) is 24.9 Å². The van der Waals surface area contributed by atoms with Crippen LogP contribution in [0.25, 0.3) is 10.9 Å². The molecule has 1 aliphatic rings. The molecule has 0 bridgehead atoms. The number of carbonyl (C=O) groups is 2. The summed E-state index contributed by atoms with van der Waals surface area (Å²) in [4.78, 5) is 34.0. The van der Waals surface area contributed by atoms with Crippen LogP contribution in [0.15, 0.2) is 54.6 Å². The summed E-state index contributed by atoms with van der Waals surface area (Å²) in [6.45, 7) is 1.36. The molecule has 0 spiro atoms. The van der Waals surface area contributed by atoms with Gasteiger partial charge in [0.05, 0.1) is 18.2 Å². The van der Waals surface area contributed by atoms with Crippen LogP contribution in [0.3, 0.4) is 0 Å². The van der Waals surface area contributed by atoms with Gasteiger partial charge >= 0.3 is 0 Å². The van der Waals surface area contributed by atoms with E-state index in [1.54, 1.807) is 26.1 Å². The van der Waals surface area contributed by atoms with Crippen molar-refractivity contribution in [3.8, 4) is 5.75 Å². The van der Waals surface area contributed by atoms with Crippen molar-refractivity contribution >= 4 is 22.7 Å². The van der Waals surface area contributed by atoms with Crippen LogP contribution in [0.2, 0.25) is 0 Å². The van der Waals surface area contributed by atoms with Crippen LogP contribution in [0, 0.1) is 0 Å². The number of likely N-dealkylation sites (tertiary alicyclic amines) is 1. The molecule has 166 valence electrons. The molecule has 2 amide bonds. The van der Waals surface area contributed by atoms with Crippen LogP contribution in [0.4, 0.5) is 0 Å². The number of amides is 2. The normalized spacial score (nSPS) is 15.7. The quantitative estimate of drug-likeness (QED) is 0.594. The van der Waals surface area contributed by atoms with Gasteiger partial charge in [-0.05, 0) is 42.7 Å². The molecule has 6 heteroatoms. The van der Waals surface area contributed by atoms with Gasteiger partial charge < -0.3 is 14.5 Å². The van der Waals surface area contributed by atoms with E-state index in [0.717, 1.165) is 40.9 Å². The summed E-state index contributed by atoms with van der Waals surface area (Å²) in [5.41, 5.74) is 3.50. The molecule has 1 unspecified atom stereocenters. The van der Waals surface area contributed by atoms with Gasteiger partial charge in [0.15, 0.2) is 0 Å². The van der Waals surface area contributed by atoms with Crippen molar-refractivity contribution in [1.29, 1.82) is 0 Å². The number of aromatic nitrogens is 1. The maximum absolute atomic E-state index is 12.8. The minimum atomic E-state index is -0.0322. The second-order valence-electron chi connectivity index (χ2n) is 8.48.